The third kappa shape index (κ3) is 4.99. The number of fused-ring (bicyclic) bond motifs is 4. The number of alkyl carbamates (subject to hydrolysis) is 1. The van der Waals surface area contributed by atoms with Crippen molar-refractivity contribution in [1.29, 1.82) is 0 Å². The number of H-pyrrole nitrogens is 2. The number of benzene rings is 3. The van der Waals surface area contributed by atoms with Crippen molar-refractivity contribution in [3.63, 3.8) is 0 Å². The Morgan fingerprint density at radius 3 is 2.56 bits per heavy atom. The van der Waals surface area contributed by atoms with Crippen LogP contribution in [-0.2, 0) is 9.53 Å². The number of ether oxygens (including phenoxy) is 1. The van der Waals surface area contributed by atoms with Gasteiger partial charge in [0, 0.05) is 11.9 Å². The van der Waals surface area contributed by atoms with Crippen LogP contribution in [0.1, 0.15) is 63.3 Å². The summed E-state index contributed by atoms with van der Waals surface area (Å²) in [6.07, 6.45) is 3.37. The van der Waals surface area contributed by atoms with Crippen molar-refractivity contribution in [2.75, 3.05) is 20.2 Å². The van der Waals surface area contributed by atoms with Gasteiger partial charge in [0.2, 0.25) is 5.91 Å². The lowest BCUT2D eigenvalue weighted by Crippen LogP contribution is -2.51. The average Bonchev–Trinajstić information content (AvgIpc) is 3.83. The van der Waals surface area contributed by atoms with Crippen molar-refractivity contribution < 1.29 is 14.3 Å². The van der Waals surface area contributed by atoms with Crippen molar-refractivity contribution in [3.05, 3.63) is 60.2 Å². The number of aromatic amines is 2. The third-order valence-corrected chi connectivity index (χ3v) is 8.95. The lowest BCUT2D eigenvalue weighted by molar-refractivity contribution is -0.135. The molecule has 0 saturated carbocycles. The van der Waals surface area contributed by atoms with Crippen LogP contribution in [0.4, 0.5) is 4.79 Å². The third-order valence-electron chi connectivity index (χ3n) is 8.95. The molecule has 4 heterocycles. The van der Waals surface area contributed by atoms with Crippen molar-refractivity contribution in [2.45, 2.75) is 57.7 Å². The van der Waals surface area contributed by atoms with E-state index in [4.69, 9.17) is 14.7 Å². The molecule has 0 aliphatic carbocycles. The molecule has 0 radical (unpaired) electrons. The van der Waals surface area contributed by atoms with E-state index >= 15 is 0 Å². The molecule has 2 fully saturated rings. The molecular weight excluding hydrogens is 542 g/mol. The van der Waals surface area contributed by atoms with Gasteiger partial charge in [0.1, 0.15) is 17.7 Å². The lowest BCUT2D eigenvalue weighted by Gasteiger charge is -2.29. The number of nitrogens with one attached hydrogen (secondary N) is 4. The highest BCUT2D eigenvalue weighted by atomic mass is 16.5. The molecule has 1 unspecified atom stereocenters. The molecule has 0 spiro atoms. The second kappa shape index (κ2) is 11.0. The SMILES string of the molecule is COC(=O)NC(C(=O)N1CCC[C@H]1c1nc2ccc(-c3ccc4c(ccc5[nH]c([C@@H]6CCCN6)nc54)c3)cc2[nH]1)C(C)C. The molecule has 3 aromatic carbocycles. The van der Waals surface area contributed by atoms with Gasteiger partial charge in [-0.1, -0.05) is 38.1 Å². The van der Waals surface area contributed by atoms with Crippen LogP contribution in [0.2, 0.25) is 0 Å². The van der Waals surface area contributed by atoms with Crippen molar-refractivity contribution in [1.82, 2.24) is 35.5 Å². The van der Waals surface area contributed by atoms with Gasteiger partial charge in [-0.3, -0.25) is 4.79 Å². The van der Waals surface area contributed by atoms with E-state index < -0.39 is 12.1 Å². The van der Waals surface area contributed by atoms with E-state index in [1.54, 1.807) is 0 Å². The Labute approximate surface area is 249 Å². The number of likely N-dealkylation sites (tertiary alicyclic amines) is 1. The van der Waals surface area contributed by atoms with E-state index in [0.717, 1.165) is 81.4 Å². The van der Waals surface area contributed by atoms with Gasteiger partial charge < -0.3 is 30.2 Å². The molecule has 2 saturated heterocycles. The summed E-state index contributed by atoms with van der Waals surface area (Å²) < 4.78 is 4.76. The Kier molecular flexibility index (Phi) is 7.01. The molecule has 2 aliphatic rings. The molecule has 222 valence electrons. The zero-order valence-electron chi connectivity index (χ0n) is 24.7. The highest BCUT2D eigenvalue weighted by Crippen LogP contribution is 2.35. The first-order valence-corrected chi connectivity index (χ1v) is 15.2. The van der Waals surface area contributed by atoms with Gasteiger partial charge in [0.15, 0.2) is 0 Å². The second-order valence-electron chi connectivity index (χ2n) is 12.1. The Morgan fingerprint density at radius 1 is 0.953 bits per heavy atom. The summed E-state index contributed by atoms with van der Waals surface area (Å²) >= 11 is 0. The fourth-order valence-electron chi connectivity index (χ4n) is 6.64. The molecule has 4 N–H and O–H groups in total. The molecule has 2 aromatic heterocycles. The van der Waals surface area contributed by atoms with Crippen LogP contribution < -0.4 is 10.6 Å². The first-order chi connectivity index (χ1) is 20.9. The number of amides is 2. The Hall–Kier alpha value is -4.44. The molecule has 2 aliphatic heterocycles. The van der Waals surface area contributed by atoms with Crippen LogP contribution in [0, 0.1) is 5.92 Å². The average molecular weight is 580 g/mol. The molecule has 10 nitrogen and oxygen atoms in total. The minimum absolute atomic E-state index is 0.0801. The number of rotatable bonds is 6. The molecule has 7 rings (SSSR count). The monoisotopic (exact) mass is 579 g/mol. The lowest BCUT2D eigenvalue weighted by atomic mass is 10.0. The first kappa shape index (κ1) is 27.4. The van der Waals surface area contributed by atoms with E-state index in [1.165, 1.54) is 13.5 Å². The van der Waals surface area contributed by atoms with Crippen molar-refractivity contribution in [2.24, 2.45) is 5.92 Å². The van der Waals surface area contributed by atoms with E-state index in [9.17, 15) is 9.59 Å². The smallest absolute Gasteiger partial charge is 0.407 e. The molecule has 2 amide bonds. The number of imidazole rings is 2. The van der Waals surface area contributed by atoms with Crippen LogP contribution in [0.25, 0.3) is 44.0 Å². The first-order valence-electron chi connectivity index (χ1n) is 15.2. The highest BCUT2D eigenvalue weighted by Gasteiger charge is 2.37. The molecule has 5 aromatic rings. The predicted molar refractivity (Wildman–Crippen MR) is 167 cm³/mol. The van der Waals surface area contributed by atoms with Gasteiger partial charge in [-0.25, -0.2) is 14.8 Å². The summed E-state index contributed by atoms with van der Waals surface area (Å²) in [5.74, 6) is 1.60. The van der Waals surface area contributed by atoms with Gasteiger partial charge in [0.05, 0.1) is 41.3 Å². The zero-order chi connectivity index (χ0) is 29.7. The van der Waals surface area contributed by atoms with E-state index in [-0.39, 0.29) is 17.9 Å². The van der Waals surface area contributed by atoms with Crippen LogP contribution in [-0.4, -0.2) is 63.1 Å². The fourth-order valence-corrected chi connectivity index (χ4v) is 6.64. The summed E-state index contributed by atoms with van der Waals surface area (Å²) in [4.78, 5) is 44.2. The number of methoxy groups -OCH3 is 1. The summed E-state index contributed by atoms with van der Waals surface area (Å²) in [5, 5.41) is 8.53. The number of hydrogen-bond acceptors (Lipinski definition) is 6. The number of carbonyl (C=O) groups is 2. The maximum atomic E-state index is 13.5. The van der Waals surface area contributed by atoms with Gasteiger partial charge in [-0.15, -0.1) is 0 Å². The summed E-state index contributed by atoms with van der Waals surface area (Å²) in [7, 11) is 1.30. The van der Waals surface area contributed by atoms with Gasteiger partial charge in [0.25, 0.3) is 0 Å². The number of carbonyl (C=O) groups excluding carboxylic acids is 2. The standard InChI is InChI=1S/C33H37N7O3/c1-18(2)28(39-33(42)43-3)32(41)40-15-5-7-27(40)31-35-23-12-9-20(17-26(23)37-31)19-8-11-22-21(16-19)10-13-24-29(22)38-30(36-24)25-6-4-14-34-25/h8-13,16-18,25,27-28,34H,4-7,14-15H2,1-3H3,(H,35,37)(H,36,38)(H,39,42)/t25-,27-,28?/m0/s1. The minimum Gasteiger partial charge on any atom is -0.453 e. The van der Waals surface area contributed by atoms with Crippen molar-refractivity contribution >= 4 is 44.8 Å². The van der Waals surface area contributed by atoms with Crippen LogP contribution in [0.5, 0.6) is 0 Å². The summed E-state index contributed by atoms with van der Waals surface area (Å²) in [6.45, 7) is 5.50. The number of aromatic nitrogens is 4. The van der Waals surface area contributed by atoms with E-state index in [1.807, 2.05) is 24.8 Å². The van der Waals surface area contributed by atoms with E-state index in [0.29, 0.717) is 12.6 Å². The van der Waals surface area contributed by atoms with Gasteiger partial charge in [-0.05, 0) is 78.9 Å². The van der Waals surface area contributed by atoms with E-state index in [2.05, 4.69) is 63.1 Å². The topological polar surface area (TPSA) is 128 Å². The minimum atomic E-state index is -0.661. The Balaban J connectivity index is 1.16. The van der Waals surface area contributed by atoms with Gasteiger partial charge >= 0.3 is 6.09 Å². The molecule has 10 heteroatoms. The number of hydrogen-bond donors (Lipinski definition) is 4. The normalized spacial score (nSPS) is 19.6. The summed E-state index contributed by atoms with van der Waals surface area (Å²) in [5.41, 5.74) is 6.07. The maximum Gasteiger partial charge on any atom is 0.407 e. The largest absolute Gasteiger partial charge is 0.453 e. The molecule has 3 atom stereocenters. The predicted octanol–water partition coefficient (Wildman–Crippen LogP) is 5.73. The van der Waals surface area contributed by atoms with Crippen LogP contribution in [0.15, 0.2) is 48.5 Å². The van der Waals surface area contributed by atoms with Crippen molar-refractivity contribution in [3.8, 4) is 11.1 Å². The second-order valence-corrected chi connectivity index (χ2v) is 12.1. The quantitative estimate of drug-likeness (QED) is 0.204. The number of nitrogens with zero attached hydrogens (tertiary/aromatic N) is 3. The highest BCUT2D eigenvalue weighted by molar-refractivity contribution is 6.05. The maximum absolute atomic E-state index is 13.5. The zero-order valence-corrected chi connectivity index (χ0v) is 24.7. The Morgan fingerprint density at radius 2 is 1.77 bits per heavy atom. The summed E-state index contributed by atoms with van der Waals surface area (Å²) in [6, 6.07) is 16.5. The van der Waals surface area contributed by atoms with Crippen LogP contribution >= 0.6 is 0 Å². The molecule has 43 heavy (non-hydrogen) atoms. The van der Waals surface area contributed by atoms with Gasteiger partial charge in [-0.2, -0.15) is 0 Å². The molecule has 0 bridgehead atoms. The fraction of sp³-hybridized carbons (Fsp3) is 0.394. The molecular formula is C33H37N7O3. The Bertz CT molecular complexity index is 1830. The van der Waals surface area contributed by atoms with Crippen LogP contribution in [0.3, 0.4) is 0 Å².